The Balaban J connectivity index is 1.70. The number of amides is 1. The highest BCUT2D eigenvalue weighted by Gasteiger charge is 2.38. The first-order valence-electron chi connectivity index (χ1n) is 10.4. The maximum atomic E-state index is 13.5. The second-order valence-electron chi connectivity index (χ2n) is 7.71. The number of benzene rings is 2. The fourth-order valence-corrected chi connectivity index (χ4v) is 3.45. The van der Waals surface area contributed by atoms with Gasteiger partial charge in [-0.15, -0.1) is 5.10 Å². The van der Waals surface area contributed by atoms with Crippen LogP contribution in [0.2, 0.25) is 0 Å². The summed E-state index contributed by atoms with van der Waals surface area (Å²) < 4.78 is 81.9. The summed E-state index contributed by atoms with van der Waals surface area (Å²) in [5.41, 5.74) is -2.41. The van der Waals surface area contributed by atoms with E-state index in [-0.39, 0.29) is 22.5 Å². The zero-order chi connectivity index (χ0) is 27.8. The summed E-state index contributed by atoms with van der Waals surface area (Å²) in [7, 11) is 0. The molecule has 0 spiro atoms. The summed E-state index contributed by atoms with van der Waals surface area (Å²) in [4.78, 5) is 25.9. The molecule has 0 aliphatic rings. The van der Waals surface area contributed by atoms with Gasteiger partial charge in [-0.2, -0.15) is 31.4 Å². The van der Waals surface area contributed by atoms with Gasteiger partial charge in [-0.3, -0.25) is 14.9 Å². The Hall–Kier alpha value is -4.89. The Bertz CT molecular complexity index is 1580. The summed E-state index contributed by atoms with van der Waals surface area (Å²) in [6, 6.07) is 8.45. The fraction of sp³-hybridized carbons (Fsp3) is 0.136. The SMILES string of the molecule is Cc1c(C(=O)N/N=C/c2ccc([N+](=O)[O-])cc2)nnn1-c1cc(C(F)(F)F)nc2c(C(F)(F)F)cccc12. The molecule has 38 heavy (non-hydrogen) atoms. The first kappa shape index (κ1) is 26.2. The van der Waals surface area contributed by atoms with Gasteiger partial charge in [-0.05, 0) is 36.8 Å². The molecule has 2 heterocycles. The molecule has 1 N–H and O–H groups in total. The molecule has 0 unspecified atom stereocenters. The van der Waals surface area contributed by atoms with Crippen molar-refractivity contribution >= 4 is 28.7 Å². The average Bonchev–Trinajstić information content (AvgIpc) is 3.23. The summed E-state index contributed by atoms with van der Waals surface area (Å²) in [6.45, 7) is 1.28. The molecular formula is C22H13F6N7O3. The summed E-state index contributed by atoms with van der Waals surface area (Å²) in [5, 5.41) is 21.4. The number of nitro groups is 1. The van der Waals surface area contributed by atoms with Crippen molar-refractivity contribution in [2.24, 2.45) is 5.10 Å². The molecule has 2 aromatic carbocycles. The van der Waals surface area contributed by atoms with E-state index in [1.54, 1.807) is 0 Å². The third kappa shape index (κ3) is 5.14. The van der Waals surface area contributed by atoms with Crippen molar-refractivity contribution in [1.82, 2.24) is 25.4 Å². The van der Waals surface area contributed by atoms with E-state index >= 15 is 0 Å². The molecule has 2 aromatic heterocycles. The largest absolute Gasteiger partial charge is 0.433 e. The van der Waals surface area contributed by atoms with Crippen LogP contribution < -0.4 is 5.43 Å². The van der Waals surface area contributed by atoms with Gasteiger partial charge < -0.3 is 0 Å². The number of carbonyl (C=O) groups is 1. The first-order chi connectivity index (χ1) is 17.8. The van der Waals surface area contributed by atoms with E-state index in [0.717, 1.165) is 16.8 Å². The van der Waals surface area contributed by atoms with Crippen molar-refractivity contribution in [3.63, 3.8) is 0 Å². The van der Waals surface area contributed by atoms with Crippen LogP contribution in [0.3, 0.4) is 0 Å². The van der Waals surface area contributed by atoms with E-state index in [0.29, 0.717) is 17.7 Å². The number of para-hydroxylation sites is 1. The van der Waals surface area contributed by atoms with Crippen LogP contribution in [0.4, 0.5) is 32.0 Å². The van der Waals surface area contributed by atoms with Crippen molar-refractivity contribution < 1.29 is 36.1 Å². The minimum absolute atomic E-state index is 0.0916. The number of nitrogens with zero attached hydrogens (tertiary/aromatic N) is 6. The highest BCUT2D eigenvalue weighted by atomic mass is 19.4. The van der Waals surface area contributed by atoms with Crippen LogP contribution in [0.1, 0.15) is 33.0 Å². The third-order valence-corrected chi connectivity index (χ3v) is 5.23. The highest BCUT2D eigenvalue weighted by molar-refractivity contribution is 5.95. The monoisotopic (exact) mass is 537 g/mol. The van der Waals surface area contributed by atoms with Gasteiger partial charge in [0, 0.05) is 17.5 Å². The predicted molar refractivity (Wildman–Crippen MR) is 120 cm³/mol. The van der Waals surface area contributed by atoms with E-state index in [9.17, 15) is 41.3 Å². The number of nitro benzene ring substituents is 1. The van der Waals surface area contributed by atoms with E-state index in [4.69, 9.17) is 0 Å². The number of aromatic nitrogens is 4. The normalized spacial score (nSPS) is 12.3. The second kappa shape index (κ2) is 9.53. The van der Waals surface area contributed by atoms with Crippen LogP contribution in [0.25, 0.3) is 16.6 Å². The van der Waals surface area contributed by atoms with Gasteiger partial charge in [0.1, 0.15) is 5.69 Å². The lowest BCUT2D eigenvalue weighted by molar-refractivity contribution is -0.384. The van der Waals surface area contributed by atoms with Gasteiger partial charge in [-0.25, -0.2) is 15.1 Å². The van der Waals surface area contributed by atoms with E-state index in [1.165, 1.54) is 37.4 Å². The second-order valence-corrected chi connectivity index (χ2v) is 7.71. The standard InChI is InChI=1S/C22H13F6N7O3/c1-11-18(20(36)32-29-10-12-5-7-13(8-6-12)35(37)38)31-33-34(11)16-9-17(22(26,27)28)30-19-14(16)3-2-4-15(19)21(23,24)25/h2-10H,1H3,(H,32,36)/b29-10+. The molecule has 0 saturated carbocycles. The molecule has 1 amide bonds. The number of non-ortho nitro benzene ring substituents is 1. The van der Waals surface area contributed by atoms with E-state index in [1.807, 2.05) is 0 Å². The van der Waals surface area contributed by atoms with Crippen molar-refractivity contribution in [2.75, 3.05) is 0 Å². The van der Waals surface area contributed by atoms with Gasteiger partial charge in [0.25, 0.3) is 11.6 Å². The average molecular weight is 537 g/mol. The Morgan fingerprint density at radius 2 is 1.76 bits per heavy atom. The molecule has 0 aliphatic heterocycles. The van der Waals surface area contributed by atoms with Crippen LogP contribution in [0, 0.1) is 17.0 Å². The molecule has 196 valence electrons. The van der Waals surface area contributed by atoms with Crippen LogP contribution in [0.15, 0.2) is 53.6 Å². The van der Waals surface area contributed by atoms with Crippen LogP contribution in [-0.4, -0.2) is 37.0 Å². The topological polar surface area (TPSA) is 128 Å². The summed E-state index contributed by atoms with van der Waals surface area (Å²) in [5.74, 6) is -0.919. The summed E-state index contributed by atoms with van der Waals surface area (Å²) in [6.07, 6.45) is -8.90. The van der Waals surface area contributed by atoms with Gasteiger partial charge >= 0.3 is 12.4 Å². The third-order valence-electron chi connectivity index (χ3n) is 5.23. The number of alkyl halides is 6. The molecule has 4 aromatic rings. The quantitative estimate of drug-likeness (QED) is 0.168. The fourth-order valence-electron chi connectivity index (χ4n) is 3.45. The smallest absolute Gasteiger partial charge is 0.265 e. The van der Waals surface area contributed by atoms with Gasteiger partial charge in [-0.1, -0.05) is 17.3 Å². The maximum Gasteiger partial charge on any atom is 0.433 e. The molecule has 0 fully saturated rings. The first-order valence-corrected chi connectivity index (χ1v) is 10.4. The number of hydrazone groups is 1. The van der Waals surface area contributed by atoms with Gasteiger partial charge in [0.15, 0.2) is 5.69 Å². The Morgan fingerprint density at radius 1 is 1.08 bits per heavy atom. The van der Waals surface area contributed by atoms with E-state index in [2.05, 4.69) is 25.8 Å². The molecular weight excluding hydrogens is 524 g/mol. The highest BCUT2D eigenvalue weighted by Crippen LogP contribution is 2.38. The van der Waals surface area contributed by atoms with Crippen LogP contribution in [0.5, 0.6) is 0 Å². The van der Waals surface area contributed by atoms with Gasteiger partial charge in [0.2, 0.25) is 0 Å². The number of rotatable bonds is 5. The van der Waals surface area contributed by atoms with Crippen molar-refractivity contribution in [2.45, 2.75) is 19.3 Å². The van der Waals surface area contributed by atoms with Crippen molar-refractivity contribution in [3.8, 4) is 5.69 Å². The Labute approximate surface area is 207 Å². The maximum absolute atomic E-state index is 13.5. The molecule has 0 radical (unpaired) electrons. The van der Waals surface area contributed by atoms with Crippen LogP contribution in [-0.2, 0) is 12.4 Å². The summed E-state index contributed by atoms with van der Waals surface area (Å²) >= 11 is 0. The van der Waals surface area contributed by atoms with Crippen LogP contribution >= 0.6 is 0 Å². The lowest BCUT2D eigenvalue weighted by atomic mass is 10.1. The molecule has 16 heteroatoms. The number of fused-ring (bicyclic) bond motifs is 1. The molecule has 0 aliphatic carbocycles. The lowest BCUT2D eigenvalue weighted by Crippen LogP contribution is -2.19. The number of hydrogen-bond acceptors (Lipinski definition) is 7. The van der Waals surface area contributed by atoms with Crippen molar-refractivity contribution in [3.05, 3.63) is 86.9 Å². The molecule has 0 bridgehead atoms. The number of pyridine rings is 1. The Kier molecular flexibility index (Phi) is 6.56. The number of nitrogens with one attached hydrogen (secondary N) is 1. The van der Waals surface area contributed by atoms with E-state index < -0.39 is 45.6 Å². The predicted octanol–water partition coefficient (Wildman–Crippen LogP) is 4.83. The molecule has 4 rings (SSSR count). The molecule has 0 saturated heterocycles. The molecule has 0 atom stereocenters. The molecule has 10 nitrogen and oxygen atoms in total. The zero-order valence-corrected chi connectivity index (χ0v) is 18.9. The minimum atomic E-state index is -5.08. The minimum Gasteiger partial charge on any atom is -0.265 e. The zero-order valence-electron chi connectivity index (χ0n) is 18.9. The van der Waals surface area contributed by atoms with Crippen molar-refractivity contribution in [1.29, 1.82) is 0 Å². The number of hydrogen-bond donors (Lipinski definition) is 1. The lowest BCUT2D eigenvalue weighted by Gasteiger charge is -2.15. The number of carbonyl (C=O) groups excluding carboxylic acids is 1. The van der Waals surface area contributed by atoms with Gasteiger partial charge in [0.05, 0.1) is 33.6 Å². The Morgan fingerprint density at radius 3 is 2.37 bits per heavy atom. The number of halogens is 6.